The molecule has 3 aromatic heterocycles. The molecule has 0 saturated heterocycles. The SMILES string of the molecule is O=C(O)c1cc(OCc2noc(-c3ccco3)n2)cs1. The summed E-state index contributed by atoms with van der Waals surface area (Å²) in [6.45, 7) is 0.0833. The molecule has 0 atom stereocenters. The lowest BCUT2D eigenvalue weighted by molar-refractivity contribution is 0.0702. The maximum Gasteiger partial charge on any atom is 0.346 e. The molecule has 0 unspecified atom stereocenters. The van der Waals surface area contributed by atoms with Crippen LogP contribution in [0.25, 0.3) is 11.7 Å². The molecule has 0 aromatic carbocycles. The number of hydrogen-bond donors (Lipinski definition) is 1. The Bertz CT molecular complexity index is 716. The van der Waals surface area contributed by atoms with E-state index in [1.54, 1.807) is 17.5 Å². The third-order valence-electron chi connectivity index (χ3n) is 2.35. The van der Waals surface area contributed by atoms with Gasteiger partial charge in [0.05, 0.1) is 6.26 Å². The molecule has 20 heavy (non-hydrogen) atoms. The molecule has 0 aliphatic rings. The molecule has 3 rings (SSSR count). The predicted molar refractivity (Wildman–Crippen MR) is 67.6 cm³/mol. The minimum absolute atomic E-state index is 0.0833. The maximum atomic E-state index is 10.7. The van der Waals surface area contributed by atoms with Crippen molar-refractivity contribution in [3.8, 4) is 17.4 Å². The summed E-state index contributed by atoms with van der Waals surface area (Å²) in [5, 5.41) is 14.2. The lowest BCUT2D eigenvalue weighted by Gasteiger charge is -1.97. The molecule has 102 valence electrons. The smallest absolute Gasteiger partial charge is 0.346 e. The van der Waals surface area contributed by atoms with Crippen LogP contribution in [0.1, 0.15) is 15.5 Å². The Kier molecular flexibility index (Phi) is 3.21. The number of carbonyl (C=O) groups is 1. The molecule has 0 radical (unpaired) electrons. The van der Waals surface area contributed by atoms with E-state index in [1.165, 1.54) is 12.3 Å². The number of furan rings is 1. The molecule has 0 amide bonds. The van der Waals surface area contributed by atoms with E-state index in [1.807, 2.05) is 0 Å². The van der Waals surface area contributed by atoms with Gasteiger partial charge in [0.2, 0.25) is 5.82 Å². The van der Waals surface area contributed by atoms with Crippen LogP contribution in [0, 0.1) is 0 Å². The number of hydrogen-bond acceptors (Lipinski definition) is 7. The van der Waals surface area contributed by atoms with Crippen LogP contribution < -0.4 is 4.74 Å². The Labute approximate surface area is 116 Å². The summed E-state index contributed by atoms with van der Waals surface area (Å²) in [4.78, 5) is 15.0. The van der Waals surface area contributed by atoms with Crippen LogP contribution in [0.4, 0.5) is 0 Å². The number of aromatic nitrogens is 2. The lowest BCUT2D eigenvalue weighted by atomic mass is 10.4. The number of ether oxygens (including phenoxy) is 1. The first-order valence-corrected chi connectivity index (χ1v) is 6.41. The maximum absolute atomic E-state index is 10.7. The molecular weight excluding hydrogens is 284 g/mol. The number of carboxylic acid groups (broad SMARTS) is 1. The van der Waals surface area contributed by atoms with Crippen molar-refractivity contribution >= 4 is 17.3 Å². The summed E-state index contributed by atoms with van der Waals surface area (Å²) < 4.78 is 15.5. The number of rotatable bonds is 5. The van der Waals surface area contributed by atoms with Gasteiger partial charge in [-0.3, -0.25) is 0 Å². The fraction of sp³-hybridized carbons (Fsp3) is 0.0833. The molecule has 3 aromatic rings. The normalized spacial score (nSPS) is 10.6. The van der Waals surface area contributed by atoms with Crippen LogP contribution in [-0.4, -0.2) is 21.2 Å². The number of aromatic carboxylic acids is 1. The van der Waals surface area contributed by atoms with Gasteiger partial charge in [-0.2, -0.15) is 4.98 Å². The standard InChI is InChI=1S/C12H8N2O5S/c15-12(16)9-4-7(6-20-9)18-5-10-13-11(19-14-10)8-2-1-3-17-8/h1-4,6H,5H2,(H,15,16). The van der Waals surface area contributed by atoms with E-state index in [0.29, 0.717) is 17.3 Å². The number of nitrogens with zero attached hydrogens (tertiary/aromatic N) is 2. The van der Waals surface area contributed by atoms with Gasteiger partial charge in [0.25, 0.3) is 5.89 Å². The van der Waals surface area contributed by atoms with Gasteiger partial charge in [-0.1, -0.05) is 5.16 Å². The Morgan fingerprint density at radius 1 is 1.50 bits per heavy atom. The van der Waals surface area contributed by atoms with Crippen LogP contribution in [0.5, 0.6) is 5.75 Å². The molecule has 0 bridgehead atoms. The van der Waals surface area contributed by atoms with Gasteiger partial charge in [-0.25, -0.2) is 4.79 Å². The van der Waals surface area contributed by atoms with Gasteiger partial charge >= 0.3 is 5.97 Å². The lowest BCUT2D eigenvalue weighted by Crippen LogP contribution is -1.97. The molecule has 7 nitrogen and oxygen atoms in total. The van der Waals surface area contributed by atoms with Gasteiger partial charge in [0, 0.05) is 11.4 Å². The van der Waals surface area contributed by atoms with Crippen molar-refractivity contribution < 1.29 is 23.6 Å². The third-order valence-corrected chi connectivity index (χ3v) is 3.25. The predicted octanol–water partition coefficient (Wildman–Crippen LogP) is 2.67. The Hall–Kier alpha value is -2.61. The molecule has 3 heterocycles. The van der Waals surface area contributed by atoms with Crippen LogP contribution in [0.15, 0.2) is 38.8 Å². The highest BCUT2D eigenvalue weighted by molar-refractivity contribution is 7.12. The monoisotopic (exact) mass is 292 g/mol. The Morgan fingerprint density at radius 2 is 2.40 bits per heavy atom. The highest BCUT2D eigenvalue weighted by atomic mass is 32.1. The van der Waals surface area contributed by atoms with E-state index >= 15 is 0 Å². The van der Waals surface area contributed by atoms with Crippen molar-refractivity contribution in [2.45, 2.75) is 6.61 Å². The second kappa shape index (κ2) is 5.17. The summed E-state index contributed by atoms with van der Waals surface area (Å²) in [5.41, 5.74) is 0. The first-order chi connectivity index (χ1) is 9.72. The summed E-state index contributed by atoms with van der Waals surface area (Å²) in [7, 11) is 0. The van der Waals surface area contributed by atoms with E-state index < -0.39 is 5.97 Å². The summed E-state index contributed by atoms with van der Waals surface area (Å²) >= 11 is 1.09. The quantitative estimate of drug-likeness (QED) is 0.771. The molecule has 0 aliphatic heterocycles. The first-order valence-electron chi connectivity index (χ1n) is 5.53. The van der Waals surface area contributed by atoms with Crippen LogP contribution in [0.3, 0.4) is 0 Å². The zero-order chi connectivity index (χ0) is 13.9. The second-order valence-corrected chi connectivity index (χ2v) is 4.64. The fourth-order valence-electron chi connectivity index (χ4n) is 1.47. The summed E-state index contributed by atoms with van der Waals surface area (Å²) in [5.74, 6) is 0.568. The topological polar surface area (TPSA) is 98.6 Å². The molecule has 0 spiro atoms. The molecule has 0 saturated carbocycles. The van der Waals surface area contributed by atoms with E-state index in [4.69, 9.17) is 18.8 Å². The Morgan fingerprint density at radius 3 is 3.10 bits per heavy atom. The van der Waals surface area contributed by atoms with Crippen LogP contribution in [0.2, 0.25) is 0 Å². The van der Waals surface area contributed by atoms with Gasteiger partial charge in [-0.05, 0) is 12.1 Å². The molecule has 0 fully saturated rings. The van der Waals surface area contributed by atoms with Crippen molar-refractivity contribution in [3.63, 3.8) is 0 Å². The molecular formula is C12H8N2O5S. The van der Waals surface area contributed by atoms with Crippen molar-refractivity contribution in [2.24, 2.45) is 0 Å². The molecule has 0 aliphatic carbocycles. The average Bonchev–Trinajstić information content (AvgIpc) is 3.17. The first kappa shape index (κ1) is 12.4. The highest BCUT2D eigenvalue weighted by Crippen LogP contribution is 2.23. The van der Waals surface area contributed by atoms with Crippen molar-refractivity contribution in [1.29, 1.82) is 0 Å². The van der Waals surface area contributed by atoms with E-state index in [-0.39, 0.29) is 17.4 Å². The van der Waals surface area contributed by atoms with Crippen molar-refractivity contribution in [2.75, 3.05) is 0 Å². The third kappa shape index (κ3) is 2.54. The highest BCUT2D eigenvalue weighted by Gasteiger charge is 2.12. The Balaban J connectivity index is 1.65. The molecule has 1 N–H and O–H groups in total. The van der Waals surface area contributed by atoms with E-state index in [9.17, 15) is 4.79 Å². The molecule has 8 heteroatoms. The number of carboxylic acids is 1. The minimum Gasteiger partial charge on any atom is -0.485 e. The minimum atomic E-state index is -0.982. The van der Waals surface area contributed by atoms with Crippen molar-refractivity contribution in [1.82, 2.24) is 10.1 Å². The van der Waals surface area contributed by atoms with E-state index in [2.05, 4.69) is 10.1 Å². The van der Waals surface area contributed by atoms with E-state index in [0.717, 1.165) is 11.3 Å². The zero-order valence-electron chi connectivity index (χ0n) is 9.98. The number of thiophene rings is 1. The van der Waals surface area contributed by atoms with Gasteiger partial charge in [0.15, 0.2) is 12.4 Å². The fourth-order valence-corrected chi connectivity index (χ4v) is 2.13. The van der Waals surface area contributed by atoms with Gasteiger partial charge in [0.1, 0.15) is 10.6 Å². The van der Waals surface area contributed by atoms with Gasteiger partial charge in [-0.15, -0.1) is 11.3 Å². The van der Waals surface area contributed by atoms with Gasteiger partial charge < -0.3 is 18.8 Å². The van der Waals surface area contributed by atoms with Crippen LogP contribution in [-0.2, 0) is 6.61 Å². The summed E-state index contributed by atoms with van der Waals surface area (Å²) in [6.07, 6.45) is 1.51. The largest absolute Gasteiger partial charge is 0.485 e. The van der Waals surface area contributed by atoms with Crippen molar-refractivity contribution in [3.05, 3.63) is 40.5 Å². The average molecular weight is 292 g/mol. The van der Waals surface area contributed by atoms with Crippen LogP contribution >= 0.6 is 11.3 Å². The summed E-state index contributed by atoms with van der Waals surface area (Å²) in [6, 6.07) is 4.87. The zero-order valence-corrected chi connectivity index (χ0v) is 10.8. The second-order valence-electron chi connectivity index (χ2n) is 3.73.